The number of hydrogen-bond acceptors (Lipinski definition) is 4. The summed E-state index contributed by atoms with van der Waals surface area (Å²) in [4.78, 5) is 1.98. The second-order valence-electron chi connectivity index (χ2n) is 3.84. The standard InChI is InChI=1S/C12H13N5/c1-17(11-7-15-16-12(11)14)8-10-4-2-3-9(5-10)6-13/h2-5,7H,8H2,1H3,(H3,14,15,16). The van der Waals surface area contributed by atoms with Crippen molar-refractivity contribution in [1.82, 2.24) is 10.2 Å². The van der Waals surface area contributed by atoms with E-state index in [1.165, 1.54) is 0 Å². The number of nitriles is 1. The lowest BCUT2D eigenvalue weighted by Gasteiger charge is -2.17. The van der Waals surface area contributed by atoms with E-state index >= 15 is 0 Å². The van der Waals surface area contributed by atoms with Crippen LogP contribution in [0, 0.1) is 11.3 Å². The van der Waals surface area contributed by atoms with E-state index in [4.69, 9.17) is 11.0 Å². The number of H-pyrrole nitrogens is 1. The first-order valence-corrected chi connectivity index (χ1v) is 5.19. The van der Waals surface area contributed by atoms with Gasteiger partial charge in [-0.1, -0.05) is 12.1 Å². The summed E-state index contributed by atoms with van der Waals surface area (Å²) in [5.74, 6) is 0.545. The van der Waals surface area contributed by atoms with Crippen molar-refractivity contribution in [2.24, 2.45) is 0 Å². The van der Waals surface area contributed by atoms with Crippen molar-refractivity contribution in [3.8, 4) is 6.07 Å². The number of nitrogens with one attached hydrogen (secondary N) is 1. The summed E-state index contributed by atoms with van der Waals surface area (Å²) in [5.41, 5.74) is 8.32. The van der Waals surface area contributed by atoms with Crippen LogP contribution in [0.4, 0.5) is 11.5 Å². The third-order valence-corrected chi connectivity index (χ3v) is 2.53. The maximum Gasteiger partial charge on any atom is 0.142 e. The van der Waals surface area contributed by atoms with Crippen LogP contribution < -0.4 is 10.6 Å². The van der Waals surface area contributed by atoms with Gasteiger partial charge in [-0.25, -0.2) is 0 Å². The van der Waals surface area contributed by atoms with Crippen molar-refractivity contribution < 1.29 is 0 Å². The number of nitrogen functional groups attached to an aromatic ring is 1. The predicted octanol–water partition coefficient (Wildman–Crippen LogP) is 1.50. The van der Waals surface area contributed by atoms with Crippen LogP contribution in [0.25, 0.3) is 0 Å². The Morgan fingerprint density at radius 3 is 3.00 bits per heavy atom. The number of rotatable bonds is 3. The molecular weight excluding hydrogens is 214 g/mol. The Kier molecular flexibility index (Phi) is 2.97. The summed E-state index contributed by atoms with van der Waals surface area (Å²) in [7, 11) is 1.93. The Bertz CT molecular complexity index is 552. The summed E-state index contributed by atoms with van der Waals surface area (Å²) in [6.07, 6.45) is 1.68. The normalized spacial score (nSPS) is 9.88. The molecule has 0 saturated carbocycles. The van der Waals surface area contributed by atoms with Gasteiger partial charge >= 0.3 is 0 Å². The van der Waals surface area contributed by atoms with Gasteiger partial charge in [0.15, 0.2) is 0 Å². The molecule has 1 aromatic carbocycles. The van der Waals surface area contributed by atoms with E-state index in [1.54, 1.807) is 12.3 Å². The van der Waals surface area contributed by atoms with Crippen LogP contribution in [0.5, 0.6) is 0 Å². The molecule has 1 aromatic heterocycles. The Hall–Kier alpha value is -2.48. The topological polar surface area (TPSA) is 81.7 Å². The smallest absolute Gasteiger partial charge is 0.142 e. The van der Waals surface area contributed by atoms with Crippen molar-refractivity contribution in [2.75, 3.05) is 17.7 Å². The van der Waals surface area contributed by atoms with Gasteiger partial charge in [-0.2, -0.15) is 10.4 Å². The first-order valence-electron chi connectivity index (χ1n) is 5.19. The molecule has 0 aliphatic heterocycles. The molecule has 0 atom stereocenters. The predicted molar refractivity (Wildman–Crippen MR) is 66.3 cm³/mol. The van der Waals surface area contributed by atoms with E-state index in [-0.39, 0.29) is 0 Å². The maximum absolute atomic E-state index is 8.83. The van der Waals surface area contributed by atoms with Gasteiger partial charge in [-0.3, -0.25) is 5.10 Å². The van der Waals surface area contributed by atoms with Crippen LogP contribution in [0.3, 0.4) is 0 Å². The highest BCUT2D eigenvalue weighted by Crippen LogP contribution is 2.20. The van der Waals surface area contributed by atoms with Crippen LogP contribution in [0.2, 0.25) is 0 Å². The Morgan fingerprint density at radius 1 is 1.53 bits per heavy atom. The van der Waals surface area contributed by atoms with Crippen molar-refractivity contribution in [2.45, 2.75) is 6.54 Å². The van der Waals surface area contributed by atoms with E-state index in [0.717, 1.165) is 11.3 Å². The molecule has 0 unspecified atom stereocenters. The molecule has 0 aliphatic carbocycles. The van der Waals surface area contributed by atoms with E-state index < -0.39 is 0 Å². The van der Waals surface area contributed by atoms with Crippen molar-refractivity contribution in [3.05, 3.63) is 41.6 Å². The minimum Gasteiger partial charge on any atom is -0.382 e. The first-order chi connectivity index (χ1) is 8.20. The van der Waals surface area contributed by atoms with E-state index in [1.807, 2.05) is 30.1 Å². The molecule has 17 heavy (non-hydrogen) atoms. The molecule has 86 valence electrons. The van der Waals surface area contributed by atoms with Crippen LogP contribution in [-0.2, 0) is 6.54 Å². The van der Waals surface area contributed by atoms with Crippen LogP contribution in [0.1, 0.15) is 11.1 Å². The fraction of sp³-hybridized carbons (Fsp3) is 0.167. The van der Waals surface area contributed by atoms with E-state index in [0.29, 0.717) is 17.9 Å². The average molecular weight is 227 g/mol. The monoisotopic (exact) mass is 227 g/mol. The minimum atomic E-state index is 0.545. The minimum absolute atomic E-state index is 0.545. The first kappa shape index (κ1) is 11.0. The Balaban J connectivity index is 2.16. The van der Waals surface area contributed by atoms with Crippen LogP contribution in [-0.4, -0.2) is 17.2 Å². The molecule has 2 aromatic rings. The van der Waals surface area contributed by atoms with Gasteiger partial charge in [0.1, 0.15) is 5.82 Å². The fourth-order valence-corrected chi connectivity index (χ4v) is 1.69. The number of nitrogens with two attached hydrogens (primary N) is 1. The fourth-order valence-electron chi connectivity index (χ4n) is 1.69. The second kappa shape index (κ2) is 4.58. The zero-order valence-corrected chi connectivity index (χ0v) is 9.51. The second-order valence-corrected chi connectivity index (χ2v) is 3.84. The highest BCUT2D eigenvalue weighted by atomic mass is 15.2. The van der Waals surface area contributed by atoms with Crippen molar-refractivity contribution in [1.29, 1.82) is 5.26 Å². The number of nitrogens with zero attached hydrogens (tertiary/aromatic N) is 3. The van der Waals surface area contributed by atoms with Gasteiger partial charge in [0.25, 0.3) is 0 Å². The maximum atomic E-state index is 8.83. The highest BCUT2D eigenvalue weighted by Gasteiger charge is 2.07. The van der Waals surface area contributed by atoms with Crippen LogP contribution >= 0.6 is 0 Å². The third kappa shape index (κ3) is 2.37. The lowest BCUT2D eigenvalue weighted by atomic mass is 10.1. The van der Waals surface area contributed by atoms with E-state index in [9.17, 15) is 0 Å². The van der Waals surface area contributed by atoms with Gasteiger partial charge in [-0.05, 0) is 17.7 Å². The molecule has 1 heterocycles. The Morgan fingerprint density at radius 2 is 2.35 bits per heavy atom. The summed E-state index contributed by atoms with van der Waals surface area (Å²) >= 11 is 0. The molecule has 0 aliphatic rings. The van der Waals surface area contributed by atoms with Gasteiger partial charge in [-0.15, -0.1) is 0 Å². The molecular formula is C12H13N5. The molecule has 0 saturated heterocycles. The van der Waals surface area contributed by atoms with Crippen molar-refractivity contribution in [3.63, 3.8) is 0 Å². The molecule has 5 nitrogen and oxygen atoms in total. The molecule has 5 heteroatoms. The largest absolute Gasteiger partial charge is 0.382 e. The number of hydrogen-bond donors (Lipinski definition) is 2. The molecule has 0 fully saturated rings. The molecule has 0 radical (unpaired) electrons. The number of benzene rings is 1. The highest BCUT2D eigenvalue weighted by molar-refractivity contribution is 5.61. The van der Waals surface area contributed by atoms with Gasteiger partial charge in [0.2, 0.25) is 0 Å². The van der Waals surface area contributed by atoms with Crippen molar-refractivity contribution >= 4 is 11.5 Å². The quantitative estimate of drug-likeness (QED) is 0.832. The zero-order chi connectivity index (χ0) is 12.3. The number of anilines is 2. The van der Waals surface area contributed by atoms with Gasteiger partial charge < -0.3 is 10.6 Å². The molecule has 0 amide bonds. The number of aromatic amines is 1. The van der Waals surface area contributed by atoms with Gasteiger partial charge in [0.05, 0.1) is 23.5 Å². The van der Waals surface area contributed by atoms with Gasteiger partial charge in [0, 0.05) is 13.6 Å². The molecule has 2 rings (SSSR count). The SMILES string of the molecule is CN(Cc1cccc(C#N)c1)c1cn[nH]c1N. The number of aromatic nitrogens is 2. The van der Waals surface area contributed by atoms with Crippen LogP contribution in [0.15, 0.2) is 30.5 Å². The summed E-state index contributed by atoms with van der Waals surface area (Å²) in [5, 5.41) is 15.4. The molecule has 3 N–H and O–H groups in total. The summed E-state index contributed by atoms with van der Waals surface area (Å²) < 4.78 is 0. The summed E-state index contributed by atoms with van der Waals surface area (Å²) in [6.45, 7) is 0.680. The third-order valence-electron chi connectivity index (χ3n) is 2.53. The van der Waals surface area contributed by atoms with E-state index in [2.05, 4.69) is 16.3 Å². The Labute approximate surface area is 99.5 Å². The zero-order valence-electron chi connectivity index (χ0n) is 9.51. The lowest BCUT2D eigenvalue weighted by molar-refractivity contribution is 0.925. The average Bonchev–Trinajstić information content (AvgIpc) is 2.76. The lowest BCUT2D eigenvalue weighted by Crippen LogP contribution is -2.17. The summed E-state index contributed by atoms with van der Waals surface area (Å²) in [6, 6.07) is 9.64. The molecule has 0 spiro atoms. The molecule has 0 bridgehead atoms.